The van der Waals surface area contributed by atoms with Crippen LogP contribution >= 0.6 is 11.3 Å². The number of nitrogens with zero attached hydrogens (tertiary/aromatic N) is 3. The molecule has 7 nitrogen and oxygen atoms in total. The van der Waals surface area contributed by atoms with Crippen LogP contribution in [0.4, 0.5) is 0 Å². The van der Waals surface area contributed by atoms with E-state index in [1.54, 1.807) is 21.0 Å². The number of H-pyrrole nitrogens is 1. The second-order valence-corrected chi connectivity index (χ2v) is 5.58. The number of ether oxygens (including phenoxy) is 2. The first kappa shape index (κ1) is 15.6. The summed E-state index contributed by atoms with van der Waals surface area (Å²) in [7, 11) is 1.59. The molecule has 0 amide bonds. The smallest absolute Gasteiger partial charge is 0.350 e. The van der Waals surface area contributed by atoms with E-state index >= 15 is 0 Å². The van der Waals surface area contributed by atoms with E-state index in [0.29, 0.717) is 23.0 Å². The molecule has 0 aliphatic carbocycles. The van der Waals surface area contributed by atoms with Crippen LogP contribution in [0.3, 0.4) is 0 Å². The summed E-state index contributed by atoms with van der Waals surface area (Å²) in [6, 6.07) is 0. The molecule has 8 heteroatoms. The molecule has 0 bridgehead atoms. The van der Waals surface area contributed by atoms with Crippen molar-refractivity contribution in [2.24, 2.45) is 0 Å². The van der Waals surface area contributed by atoms with Crippen molar-refractivity contribution in [3.05, 3.63) is 27.2 Å². The zero-order chi connectivity index (χ0) is 15.4. The lowest BCUT2D eigenvalue weighted by atomic mass is 10.3. The van der Waals surface area contributed by atoms with E-state index in [9.17, 15) is 4.79 Å². The molecule has 0 radical (unpaired) electrons. The van der Waals surface area contributed by atoms with Crippen molar-refractivity contribution in [3.8, 4) is 0 Å². The highest BCUT2D eigenvalue weighted by Gasteiger charge is 2.21. The number of aryl methyl sites for hydroxylation is 2. The van der Waals surface area contributed by atoms with Crippen LogP contribution in [0.5, 0.6) is 0 Å². The Balaban J connectivity index is 2.06. The van der Waals surface area contributed by atoms with E-state index < -0.39 is 12.1 Å². The van der Waals surface area contributed by atoms with Crippen molar-refractivity contribution in [1.29, 1.82) is 0 Å². The average molecular weight is 310 g/mol. The molecule has 1 atom stereocenters. The lowest BCUT2D eigenvalue weighted by Crippen LogP contribution is -2.10. The van der Waals surface area contributed by atoms with Gasteiger partial charge < -0.3 is 9.47 Å². The first-order valence-electron chi connectivity index (χ1n) is 6.62. The Morgan fingerprint density at radius 2 is 2.19 bits per heavy atom. The third-order valence-corrected chi connectivity index (χ3v) is 3.94. The number of aromatic amines is 1. The molecule has 2 heterocycles. The largest absolute Gasteiger partial charge is 0.450 e. The summed E-state index contributed by atoms with van der Waals surface area (Å²) >= 11 is 1.28. The number of carbonyl (C=O) groups is 1. The molecular weight excluding hydrogens is 292 g/mol. The molecule has 0 spiro atoms. The highest BCUT2D eigenvalue weighted by Crippen LogP contribution is 2.22. The fourth-order valence-electron chi connectivity index (χ4n) is 1.74. The number of aromatic nitrogens is 4. The van der Waals surface area contributed by atoms with Crippen molar-refractivity contribution in [1.82, 2.24) is 20.2 Å². The first-order valence-corrected chi connectivity index (χ1v) is 7.44. The SMILES string of the molecule is CCc1nc(C(C)OC(=O)c2sc(COC)nc2C)n[nH]1. The molecule has 2 rings (SSSR count). The second kappa shape index (κ2) is 6.77. The monoisotopic (exact) mass is 310 g/mol. The van der Waals surface area contributed by atoms with Crippen LogP contribution in [-0.4, -0.2) is 33.2 Å². The minimum atomic E-state index is -0.513. The maximum atomic E-state index is 12.2. The van der Waals surface area contributed by atoms with Crippen LogP contribution in [0, 0.1) is 6.92 Å². The van der Waals surface area contributed by atoms with E-state index in [1.807, 2.05) is 6.92 Å². The fraction of sp³-hybridized carbons (Fsp3) is 0.538. The summed E-state index contributed by atoms with van der Waals surface area (Å²) < 4.78 is 10.4. The van der Waals surface area contributed by atoms with Gasteiger partial charge in [-0.15, -0.1) is 11.3 Å². The van der Waals surface area contributed by atoms with Crippen molar-refractivity contribution in [2.45, 2.75) is 39.9 Å². The van der Waals surface area contributed by atoms with Crippen LogP contribution < -0.4 is 0 Å². The van der Waals surface area contributed by atoms with E-state index in [2.05, 4.69) is 20.2 Å². The number of esters is 1. The molecule has 114 valence electrons. The van der Waals surface area contributed by atoms with Gasteiger partial charge in [-0.1, -0.05) is 6.92 Å². The fourth-order valence-corrected chi connectivity index (χ4v) is 2.66. The van der Waals surface area contributed by atoms with Crippen LogP contribution in [0.2, 0.25) is 0 Å². The van der Waals surface area contributed by atoms with Gasteiger partial charge in [0.1, 0.15) is 15.7 Å². The van der Waals surface area contributed by atoms with E-state index in [-0.39, 0.29) is 0 Å². The third-order valence-electron chi connectivity index (χ3n) is 2.83. The number of hydrogen-bond donors (Lipinski definition) is 1. The number of nitrogens with one attached hydrogen (secondary N) is 1. The minimum Gasteiger partial charge on any atom is -0.450 e. The van der Waals surface area contributed by atoms with Crippen molar-refractivity contribution in [2.75, 3.05) is 7.11 Å². The van der Waals surface area contributed by atoms with E-state index in [0.717, 1.165) is 17.3 Å². The quantitative estimate of drug-likeness (QED) is 0.823. The topological polar surface area (TPSA) is 90.0 Å². The van der Waals surface area contributed by atoms with Crippen molar-refractivity contribution >= 4 is 17.3 Å². The molecule has 0 aromatic carbocycles. The number of carbonyl (C=O) groups excluding carboxylic acids is 1. The van der Waals surface area contributed by atoms with Gasteiger partial charge in [0.25, 0.3) is 0 Å². The highest BCUT2D eigenvalue weighted by atomic mass is 32.1. The molecule has 0 aliphatic rings. The lowest BCUT2D eigenvalue weighted by molar-refractivity contribution is 0.0325. The molecule has 0 fully saturated rings. The maximum Gasteiger partial charge on any atom is 0.350 e. The van der Waals surface area contributed by atoms with E-state index in [1.165, 1.54) is 11.3 Å². The zero-order valence-corrected chi connectivity index (χ0v) is 13.3. The summed E-state index contributed by atoms with van der Waals surface area (Å²) in [6.45, 7) is 5.87. The van der Waals surface area contributed by atoms with Crippen LogP contribution in [0.25, 0.3) is 0 Å². The average Bonchev–Trinajstić information content (AvgIpc) is 3.05. The summed E-state index contributed by atoms with van der Waals surface area (Å²) in [5.41, 5.74) is 0.647. The van der Waals surface area contributed by atoms with Gasteiger partial charge in [-0.25, -0.2) is 14.8 Å². The molecule has 21 heavy (non-hydrogen) atoms. The maximum absolute atomic E-state index is 12.2. The Hall–Kier alpha value is -1.80. The van der Waals surface area contributed by atoms with Crippen molar-refractivity contribution in [3.63, 3.8) is 0 Å². The number of methoxy groups -OCH3 is 1. The normalized spacial score (nSPS) is 12.4. The second-order valence-electron chi connectivity index (χ2n) is 4.50. The van der Waals surface area contributed by atoms with Crippen LogP contribution in [0.15, 0.2) is 0 Å². The van der Waals surface area contributed by atoms with Crippen LogP contribution in [-0.2, 0) is 22.5 Å². The van der Waals surface area contributed by atoms with Gasteiger partial charge in [0, 0.05) is 13.5 Å². The Kier molecular flexibility index (Phi) is 5.03. The number of thiazole rings is 1. The first-order chi connectivity index (χ1) is 10.0. The third kappa shape index (κ3) is 3.64. The summed E-state index contributed by atoms with van der Waals surface area (Å²) in [5, 5.41) is 7.60. The summed E-state index contributed by atoms with van der Waals surface area (Å²) in [6.07, 6.45) is 0.239. The molecule has 0 saturated heterocycles. The highest BCUT2D eigenvalue weighted by molar-refractivity contribution is 7.13. The molecule has 1 unspecified atom stereocenters. The zero-order valence-electron chi connectivity index (χ0n) is 12.5. The lowest BCUT2D eigenvalue weighted by Gasteiger charge is -2.08. The Morgan fingerprint density at radius 1 is 1.43 bits per heavy atom. The Morgan fingerprint density at radius 3 is 2.81 bits per heavy atom. The van der Waals surface area contributed by atoms with Gasteiger partial charge in [0.15, 0.2) is 11.9 Å². The van der Waals surface area contributed by atoms with Gasteiger partial charge >= 0.3 is 5.97 Å². The molecule has 0 aliphatic heterocycles. The summed E-state index contributed by atoms with van der Waals surface area (Å²) in [5.74, 6) is 0.825. The van der Waals surface area contributed by atoms with Crippen LogP contribution in [0.1, 0.15) is 52.0 Å². The number of rotatable bonds is 6. The molecule has 2 aromatic heterocycles. The molecule has 2 aromatic rings. The Labute approximate surface area is 126 Å². The minimum absolute atomic E-state index is 0.384. The Bertz CT molecular complexity index is 623. The van der Waals surface area contributed by atoms with Gasteiger partial charge in [-0.3, -0.25) is 5.10 Å². The predicted octanol–water partition coefficient (Wildman–Crippen LogP) is 2.20. The number of hydrogen-bond acceptors (Lipinski definition) is 7. The standard InChI is InChI=1S/C13H18N4O3S/c1-5-9-15-12(17-16-9)8(3)20-13(18)11-7(2)14-10(21-11)6-19-4/h8H,5-6H2,1-4H3,(H,15,16,17). The van der Waals surface area contributed by atoms with Gasteiger partial charge in [-0.2, -0.15) is 5.10 Å². The predicted molar refractivity (Wildman–Crippen MR) is 77.2 cm³/mol. The molecular formula is C13H18N4O3S. The summed E-state index contributed by atoms with van der Waals surface area (Å²) in [4.78, 5) is 21.2. The van der Waals surface area contributed by atoms with Gasteiger partial charge in [0.05, 0.1) is 12.3 Å². The van der Waals surface area contributed by atoms with Gasteiger partial charge in [-0.05, 0) is 13.8 Å². The van der Waals surface area contributed by atoms with Gasteiger partial charge in [0.2, 0.25) is 0 Å². The van der Waals surface area contributed by atoms with Crippen molar-refractivity contribution < 1.29 is 14.3 Å². The molecule has 0 saturated carbocycles. The molecule has 1 N–H and O–H groups in total. The van der Waals surface area contributed by atoms with E-state index in [4.69, 9.17) is 9.47 Å².